The fraction of sp³-hybridized carbons (Fsp3) is 0.556. The van der Waals surface area contributed by atoms with Gasteiger partial charge in [0.05, 0.1) is 5.69 Å². The van der Waals surface area contributed by atoms with Crippen LogP contribution in [0.15, 0.2) is 24.3 Å². The zero-order valence-electron chi connectivity index (χ0n) is 12.7. The lowest BCUT2D eigenvalue weighted by Crippen LogP contribution is -2.57. The lowest BCUT2D eigenvalue weighted by molar-refractivity contribution is -0.182. The van der Waals surface area contributed by atoms with Crippen LogP contribution in [-0.4, -0.2) is 30.1 Å². The number of likely N-dealkylation sites (tertiary alicyclic amines) is 1. The fourth-order valence-corrected chi connectivity index (χ4v) is 5.35. The predicted molar refractivity (Wildman–Crippen MR) is 83.2 cm³/mol. The van der Waals surface area contributed by atoms with Crippen LogP contribution in [0.5, 0.6) is 0 Å². The molecule has 3 aliphatic rings. The molecule has 2 aromatic rings. The number of hydrogen-bond donors (Lipinski definition) is 1. The van der Waals surface area contributed by atoms with Gasteiger partial charge in [-0.3, -0.25) is 4.90 Å². The summed E-state index contributed by atoms with van der Waals surface area (Å²) in [6, 6.07) is 9.31. The highest BCUT2D eigenvalue weighted by molar-refractivity contribution is 5.86. The summed E-state index contributed by atoms with van der Waals surface area (Å²) in [6.45, 7) is 4.40. The van der Waals surface area contributed by atoms with Gasteiger partial charge in [-0.2, -0.15) is 0 Å². The molecule has 1 N–H and O–H groups in total. The summed E-state index contributed by atoms with van der Waals surface area (Å²) >= 11 is 0. The molecule has 0 radical (unpaired) electrons. The van der Waals surface area contributed by atoms with E-state index < -0.39 is 0 Å². The average Bonchev–Trinajstić information content (AvgIpc) is 2.86. The Morgan fingerprint density at radius 2 is 2.14 bits per heavy atom. The number of rotatable bonds is 0. The molecular weight excluding hydrogens is 260 g/mol. The van der Waals surface area contributed by atoms with Gasteiger partial charge in [-0.05, 0) is 51.3 Å². The SMILES string of the molecule is CN1CC[C@@H]2[C@H]3CCO[C@]2(C)c2[nH]c4ccccc4c2[C@H]31. The van der Waals surface area contributed by atoms with E-state index in [9.17, 15) is 0 Å². The minimum absolute atomic E-state index is 0.116. The van der Waals surface area contributed by atoms with Gasteiger partial charge in [-0.1, -0.05) is 18.2 Å². The van der Waals surface area contributed by atoms with Crippen molar-refractivity contribution in [2.24, 2.45) is 11.8 Å². The quantitative estimate of drug-likeness (QED) is 0.802. The van der Waals surface area contributed by atoms with Gasteiger partial charge in [0.15, 0.2) is 0 Å². The van der Waals surface area contributed by atoms with Gasteiger partial charge in [0.1, 0.15) is 5.60 Å². The summed E-state index contributed by atoms with van der Waals surface area (Å²) in [5.74, 6) is 1.40. The van der Waals surface area contributed by atoms with Crippen molar-refractivity contribution in [3.63, 3.8) is 0 Å². The van der Waals surface area contributed by atoms with Crippen molar-refractivity contribution in [1.29, 1.82) is 0 Å². The maximum atomic E-state index is 6.36. The molecule has 0 amide bonds. The maximum absolute atomic E-state index is 6.36. The van der Waals surface area contributed by atoms with Crippen molar-refractivity contribution < 1.29 is 4.74 Å². The zero-order chi connectivity index (χ0) is 14.2. The molecule has 3 heterocycles. The molecule has 3 nitrogen and oxygen atoms in total. The van der Waals surface area contributed by atoms with E-state index in [2.05, 4.69) is 48.1 Å². The van der Waals surface area contributed by atoms with Crippen LogP contribution in [0.4, 0.5) is 0 Å². The molecule has 4 atom stereocenters. The molecule has 2 saturated heterocycles. The van der Waals surface area contributed by atoms with Crippen molar-refractivity contribution in [1.82, 2.24) is 9.88 Å². The first-order valence-corrected chi connectivity index (χ1v) is 8.15. The van der Waals surface area contributed by atoms with Gasteiger partial charge in [0, 0.05) is 29.1 Å². The van der Waals surface area contributed by atoms with E-state index in [1.165, 1.54) is 41.5 Å². The van der Waals surface area contributed by atoms with Crippen LogP contribution >= 0.6 is 0 Å². The van der Waals surface area contributed by atoms with Crippen LogP contribution in [0, 0.1) is 11.8 Å². The van der Waals surface area contributed by atoms with Crippen molar-refractivity contribution in [3.05, 3.63) is 35.5 Å². The normalized spacial score (nSPS) is 38.5. The average molecular weight is 282 g/mol. The fourth-order valence-electron chi connectivity index (χ4n) is 5.35. The van der Waals surface area contributed by atoms with E-state index in [0.29, 0.717) is 12.0 Å². The van der Waals surface area contributed by atoms with Crippen LogP contribution in [0.25, 0.3) is 10.9 Å². The molecule has 5 rings (SSSR count). The lowest BCUT2D eigenvalue weighted by atomic mass is 9.60. The number of aromatic amines is 1. The highest BCUT2D eigenvalue weighted by Crippen LogP contribution is 2.59. The summed E-state index contributed by atoms with van der Waals surface area (Å²) in [7, 11) is 2.30. The Morgan fingerprint density at radius 3 is 3.05 bits per heavy atom. The van der Waals surface area contributed by atoms with Crippen LogP contribution in [0.3, 0.4) is 0 Å². The maximum Gasteiger partial charge on any atom is 0.108 e. The van der Waals surface area contributed by atoms with E-state index in [1.807, 2.05) is 0 Å². The minimum Gasteiger partial charge on any atom is -0.369 e. The minimum atomic E-state index is -0.116. The highest BCUT2D eigenvalue weighted by Gasteiger charge is 2.56. The predicted octanol–water partition coefficient (Wildman–Crippen LogP) is 3.43. The highest BCUT2D eigenvalue weighted by atomic mass is 16.5. The molecule has 0 unspecified atom stereocenters. The molecule has 21 heavy (non-hydrogen) atoms. The lowest BCUT2D eigenvalue weighted by Gasteiger charge is -2.57. The Bertz CT molecular complexity index is 721. The van der Waals surface area contributed by atoms with Crippen LogP contribution < -0.4 is 0 Å². The van der Waals surface area contributed by atoms with Crippen molar-refractivity contribution in [2.45, 2.75) is 31.4 Å². The van der Waals surface area contributed by atoms with Crippen LogP contribution in [-0.2, 0) is 10.3 Å². The number of benzene rings is 1. The number of H-pyrrole nitrogens is 1. The van der Waals surface area contributed by atoms with Crippen LogP contribution in [0.2, 0.25) is 0 Å². The molecule has 110 valence electrons. The van der Waals surface area contributed by atoms with Gasteiger partial charge in [-0.25, -0.2) is 0 Å². The van der Waals surface area contributed by atoms with Crippen LogP contribution in [0.1, 0.15) is 37.1 Å². The van der Waals surface area contributed by atoms with Gasteiger partial charge < -0.3 is 9.72 Å². The number of fused-ring (bicyclic) bond motifs is 5. The molecule has 1 aliphatic carbocycles. The van der Waals surface area contributed by atoms with Crippen molar-refractivity contribution in [3.8, 4) is 0 Å². The number of nitrogens with zero attached hydrogens (tertiary/aromatic N) is 1. The van der Waals surface area contributed by atoms with E-state index in [-0.39, 0.29) is 5.60 Å². The number of nitrogens with one attached hydrogen (secondary N) is 1. The molecular formula is C18H22N2O. The Morgan fingerprint density at radius 1 is 1.29 bits per heavy atom. The Hall–Kier alpha value is -1.32. The van der Waals surface area contributed by atoms with E-state index in [4.69, 9.17) is 4.74 Å². The van der Waals surface area contributed by atoms with Crippen molar-refractivity contribution in [2.75, 3.05) is 20.2 Å². The van der Waals surface area contributed by atoms with Gasteiger partial charge >= 0.3 is 0 Å². The molecule has 0 saturated carbocycles. The second kappa shape index (κ2) is 3.90. The smallest absolute Gasteiger partial charge is 0.108 e. The molecule has 1 aromatic heterocycles. The van der Waals surface area contributed by atoms with Gasteiger partial charge in [0.2, 0.25) is 0 Å². The van der Waals surface area contributed by atoms with Crippen molar-refractivity contribution >= 4 is 10.9 Å². The number of piperidine rings is 1. The van der Waals surface area contributed by atoms with Gasteiger partial charge in [0.25, 0.3) is 0 Å². The first-order chi connectivity index (χ1) is 10.2. The second-order valence-electron chi connectivity index (χ2n) is 7.19. The second-order valence-corrected chi connectivity index (χ2v) is 7.19. The Labute approximate surface area is 125 Å². The van der Waals surface area contributed by atoms with E-state index in [0.717, 1.165) is 12.5 Å². The zero-order valence-corrected chi connectivity index (χ0v) is 12.7. The molecule has 1 aromatic carbocycles. The molecule has 0 spiro atoms. The third-order valence-electron chi connectivity index (χ3n) is 6.29. The van der Waals surface area contributed by atoms with E-state index >= 15 is 0 Å². The molecule has 3 heteroatoms. The molecule has 2 fully saturated rings. The number of ether oxygens (including phenoxy) is 1. The Balaban J connectivity index is 1.87. The summed E-state index contributed by atoms with van der Waals surface area (Å²) in [5.41, 5.74) is 4.01. The summed E-state index contributed by atoms with van der Waals surface area (Å²) in [6.07, 6.45) is 2.46. The number of para-hydroxylation sites is 1. The monoisotopic (exact) mass is 282 g/mol. The Kier molecular flexibility index (Phi) is 2.28. The summed E-state index contributed by atoms with van der Waals surface area (Å²) < 4.78 is 6.36. The number of aromatic nitrogens is 1. The van der Waals surface area contributed by atoms with E-state index in [1.54, 1.807) is 0 Å². The number of hydrogen-bond acceptors (Lipinski definition) is 2. The third kappa shape index (κ3) is 1.37. The molecule has 2 aliphatic heterocycles. The third-order valence-corrected chi connectivity index (χ3v) is 6.29. The standard InChI is InChI=1S/C18H22N2O/c1-18-13-7-9-20(2)16(11(13)8-10-21-18)15-12-5-3-4-6-14(12)19-17(15)18/h3-6,11,13,16,19H,7-10H2,1-2H3/t11-,13-,16+,18+/m1/s1. The largest absolute Gasteiger partial charge is 0.369 e. The first kappa shape index (κ1) is 12.2. The first-order valence-electron chi connectivity index (χ1n) is 8.15. The summed E-state index contributed by atoms with van der Waals surface area (Å²) in [4.78, 5) is 6.28. The summed E-state index contributed by atoms with van der Waals surface area (Å²) in [5, 5.41) is 1.39. The van der Waals surface area contributed by atoms with Gasteiger partial charge in [-0.15, -0.1) is 0 Å². The topological polar surface area (TPSA) is 28.3 Å². The molecule has 4 bridgehead atoms.